The molecule has 160 valence electrons. The third-order valence-electron chi connectivity index (χ3n) is 4.47. The van der Waals surface area contributed by atoms with Crippen LogP contribution >= 0.6 is 34.8 Å². The van der Waals surface area contributed by atoms with E-state index in [9.17, 15) is 13.2 Å². The summed E-state index contributed by atoms with van der Waals surface area (Å²) in [6.45, 7) is 6.15. The maximum absolute atomic E-state index is 13.5. The smallest absolute Gasteiger partial charge is 0.423 e. The molecule has 0 N–H and O–H groups in total. The normalized spacial score (nSPS) is 12.3. The van der Waals surface area contributed by atoms with E-state index < -0.39 is 17.6 Å². The lowest BCUT2D eigenvalue weighted by Crippen LogP contribution is -2.12. The lowest BCUT2D eigenvalue weighted by molar-refractivity contribution is -0.139. The van der Waals surface area contributed by atoms with Crippen molar-refractivity contribution in [3.8, 4) is 11.6 Å². The van der Waals surface area contributed by atoms with Crippen LogP contribution in [0.4, 0.5) is 13.2 Å². The molecule has 1 heterocycles. The van der Waals surface area contributed by atoms with Crippen LogP contribution in [0.15, 0.2) is 42.6 Å². The Morgan fingerprint density at radius 1 is 0.933 bits per heavy atom. The second kappa shape index (κ2) is 8.33. The van der Waals surface area contributed by atoms with Gasteiger partial charge in [-0.1, -0.05) is 79.8 Å². The molecule has 30 heavy (non-hydrogen) atoms. The van der Waals surface area contributed by atoms with Crippen LogP contribution in [0.2, 0.25) is 15.1 Å². The molecular weight excluding hydrogens is 460 g/mol. The molecule has 0 radical (unpaired) electrons. The van der Waals surface area contributed by atoms with Gasteiger partial charge < -0.3 is 4.74 Å². The Kier molecular flexibility index (Phi) is 6.33. The molecule has 1 aromatic heterocycles. The van der Waals surface area contributed by atoms with Crippen molar-refractivity contribution < 1.29 is 17.9 Å². The van der Waals surface area contributed by atoms with Crippen molar-refractivity contribution in [1.29, 1.82) is 0 Å². The van der Waals surface area contributed by atoms with E-state index in [2.05, 4.69) is 25.9 Å². The van der Waals surface area contributed by atoms with E-state index in [1.54, 1.807) is 0 Å². The van der Waals surface area contributed by atoms with Crippen LogP contribution in [0.3, 0.4) is 0 Å². The minimum atomic E-state index is -4.66. The van der Waals surface area contributed by atoms with Crippen molar-refractivity contribution >= 4 is 34.8 Å². The van der Waals surface area contributed by atoms with E-state index >= 15 is 0 Å². The first kappa shape index (κ1) is 22.8. The molecular formula is C21H18Cl3F3N2O. The highest BCUT2D eigenvalue weighted by atomic mass is 35.5. The largest absolute Gasteiger partial charge is 0.472 e. The van der Waals surface area contributed by atoms with Crippen LogP contribution in [0.5, 0.6) is 5.88 Å². The van der Waals surface area contributed by atoms with Crippen molar-refractivity contribution in [1.82, 2.24) is 9.78 Å². The molecule has 0 spiro atoms. The summed E-state index contributed by atoms with van der Waals surface area (Å²) in [7, 11) is 0. The number of nitrogens with zero attached hydrogens (tertiary/aromatic N) is 2. The first-order valence-corrected chi connectivity index (χ1v) is 10.0. The molecule has 0 amide bonds. The fourth-order valence-corrected chi connectivity index (χ4v) is 3.38. The molecule has 0 aliphatic heterocycles. The van der Waals surface area contributed by atoms with Crippen LogP contribution in [-0.2, 0) is 18.2 Å². The van der Waals surface area contributed by atoms with E-state index in [0.29, 0.717) is 11.8 Å². The first-order valence-electron chi connectivity index (χ1n) is 8.91. The number of ether oxygens (including phenoxy) is 1. The molecule has 0 aliphatic rings. The molecule has 0 saturated heterocycles. The molecule has 3 rings (SSSR count). The monoisotopic (exact) mass is 476 g/mol. The number of hydrogen-bond acceptors (Lipinski definition) is 2. The van der Waals surface area contributed by atoms with Gasteiger partial charge in [0, 0.05) is 0 Å². The van der Waals surface area contributed by atoms with Gasteiger partial charge in [0.05, 0.1) is 27.0 Å². The number of hydrogen-bond donors (Lipinski definition) is 0. The predicted octanol–water partition coefficient (Wildman–Crippen LogP) is 7.73. The Balaban J connectivity index is 1.97. The zero-order chi connectivity index (χ0) is 22.3. The van der Waals surface area contributed by atoms with Gasteiger partial charge in [-0.2, -0.15) is 23.0 Å². The molecule has 2 aromatic carbocycles. The highest BCUT2D eigenvalue weighted by molar-refractivity contribution is 6.48. The number of rotatable bonds is 4. The van der Waals surface area contributed by atoms with E-state index in [1.165, 1.54) is 12.1 Å². The van der Waals surface area contributed by atoms with Gasteiger partial charge in [-0.05, 0) is 28.7 Å². The summed E-state index contributed by atoms with van der Waals surface area (Å²) < 4.78 is 47.1. The Morgan fingerprint density at radius 2 is 1.57 bits per heavy atom. The van der Waals surface area contributed by atoms with Crippen molar-refractivity contribution in [2.24, 2.45) is 0 Å². The van der Waals surface area contributed by atoms with Gasteiger partial charge >= 0.3 is 6.18 Å². The van der Waals surface area contributed by atoms with Gasteiger partial charge in [0.15, 0.2) is 0 Å². The summed E-state index contributed by atoms with van der Waals surface area (Å²) in [4.78, 5) is 0. The summed E-state index contributed by atoms with van der Waals surface area (Å²) in [5.41, 5.74) is 0.890. The maximum atomic E-state index is 13.5. The van der Waals surface area contributed by atoms with Crippen LogP contribution < -0.4 is 4.74 Å². The maximum Gasteiger partial charge on any atom is 0.423 e. The summed E-state index contributed by atoms with van der Waals surface area (Å²) in [5, 5.41) is 3.99. The van der Waals surface area contributed by atoms with Crippen LogP contribution in [0.25, 0.3) is 5.69 Å². The highest BCUT2D eigenvalue weighted by Crippen LogP contribution is 2.41. The Hall–Kier alpha value is -1.89. The highest BCUT2D eigenvalue weighted by Gasteiger charge is 2.38. The Morgan fingerprint density at radius 3 is 2.13 bits per heavy atom. The zero-order valence-electron chi connectivity index (χ0n) is 16.3. The van der Waals surface area contributed by atoms with Gasteiger partial charge in [0.2, 0.25) is 5.88 Å². The van der Waals surface area contributed by atoms with E-state index in [1.807, 2.05) is 24.3 Å². The van der Waals surface area contributed by atoms with E-state index in [0.717, 1.165) is 10.2 Å². The third kappa shape index (κ3) is 4.71. The van der Waals surface area contributed by atoms with E-state index in [-0.39, 0.29) is 32.8 Å². The van der Waals surface area contributed by atoms with Crippen molar-refractivity contribution in [3.63, 3.8) is 0 Å². The van der Waals surface area contributed by atoms with Gasteiger partial charge in [-0.25, -0.2) is 0 Å². The fourth-order valence-electron chi connectivity index (χ4n) is 2.77. The molecule has 0 unspecified atom stereocenters. The SMILES string of the molecule is CC(C)(C)c1ccc(COc2c(C(F)(F)F)cnn2-c2ccc(Cl)c(Cl)c2Cl)cc1. The summed E-state index contributed by atoms with van der Waals surface area (Å²) in [6.07, 6.45) is -3.97. The molecule has 0 atom stereocenters. The molecule has 0 aliphatic carbocycles. The zero-order valence-corrected chi connectivity index (χ0v) is 18.6. The van der Waals surface area contributed by atoms with Gasteiger partial charge in [-0.3, -0.25) is 0 Å². The average molecular weight is 478 g/mol. The van der Waals surface area contributed by atoms with Crippen LogP contribution in [-0.4, -0.2) is 9.78 Å². The number of aromatic nitrogens is 2. The number of benzene rings is 2. The molecule has 3 aromatic rings. The summed E-state index contributed by atoms with van der Waals surface area (Å²) in [5.74, 6) is -0.484. The predicted molar refractivity (Wildman–Crippen MR) is 113 cm³/mol. The Bertz CT molecular complexity index is 1060. The van der Waals surface area contributed by atoms with Crippen molar-refractivity contribution in [2.45, 2.75) is 39.0 Å². The second-order valence-electron chi connectivity index (χ2n) is 7.70. The van der Waals surface area contributed by atoms with Crippen molar-refractivity contribution in [3.05, 3.63) is 74.4 Å². The molecule has 0 bridgehead atoms. The standard InChI is InChI=1S/C21H18Cl3F3N2O/c1-20(2,3)13-6-4-12(5-7-13)11-30-19-14(21(25,26)27)10-28-29(19)16-9-8-15(22)17(23)18(16)24/h4-10H,11H2,1-3H3. The van der Waals surface area contributed by atoms with Crippen LogP contribution in [0, 0.1) is 0 Å². The first-order chi connectivity index (χ1) is 13.9. The topological polar surface area (TPSA) is 27.1 Å². The van der Waals surface area contributed by atoms with Gasteiger partial charge in [0.1, 0.15) is 12.2 Å². The summed E-state index contributed by atoms with van der Waals surface area (Å²) >= 11 is 18.1. The average Bonchev–Trinajstić information content (AvgIpc) is 3.08. The molecule has 0 saturated carbocycles. The second-order valence-corrected chi connectivity index (χ2v) is 8.87. The Labute approximate surface area is 187 Å². The lowest BCUT2D eigenvalue weighted by atomic mass is 9.87. The van der Waals surface area contributed by atoms with Gasteiger partial charge in [-0.15, -0.1) is 0 Å². The van der Waals surface area contributed by atoms with Gasteiger partial charge in [0.25, 0.3) is 0 Å². The molecule has 3 nitrogen and oxygen atoms in total. The number of halogens is 6. The third-order valence-corrected chi connectivity index (χ3v) is 5.75. The minimum absolute atomic E-state index is 0.0172. The lowest BCUT2D eigenvalue weighted by Gasteiger charge is -2.19. The quantitative estimate of drug-likeness (QED) is 0.360. The van der Waals surface area contributed by atoms with E-state index in [4.69, 9.17) is 39.5 Å². The molecule has 0 fully saturated rings. The number of alkyl halides is 3. The summed E-state index contributed by atoms with van der Waals surface area (Å²) in [6, 6.07) is 10.3. The van der Waals surface area contributed by atoms with Crippen LogP contribution in [0.1, 0.15) is 37.5 Å². The molecule has 9 heteroatoms. The minimum Gasteiger partial charge on any atom is -0.472 e. The van der Waals surface area contributed by atoms with Crippen molar-refractivity contribution in [2.75, 3.05) is 0 Å². The fraction of sp³-hybridized carbons (Fsp3) is 0.286.